The van der Waals surface area contributed by atoms with Gasteiger partial charge in [-0.05, 0) is 67.2 Å². The Morgan fingerprint density at radius 2 is 1.86 bits per heavy atom. The molecule has 0 spiro atoms. The van der Waals surface area contributed by atoms with E-state index in [1.807, 2.05) is 18.3 Å². The van der Waals surface area contributed by atoms with Gasteiger partial charge in [0.25, 0.3) is 0 Å². The maximum absolute atomic E-state index is 5.39. The fourth-order valence-electron chi connectivity index (χ4n) is 3.96. The van der Waals surface area contributed by atoms with Crippen LogP contribution in [0.3, 0.4) is 0 Å². The Morgan fingerprint density at radius 3 is 2.64 bits per heavy atom. The highest BCUT2D eigenvalue weighted by atomic mass is 16.5. The molecule has 0 saturated heterocycles. The lowest BCUT2D eigenvalue weighted by Gasteiger charge is -2.17. The van der Waals surface area contributed by atoms with E-state index in [4.69, 9.17) is 4.74 Å². The topological polar surface area (TPSA) is 53.2 Å². The zero-order valence-corrected chi connectivity index (χ0v) is 16.9. The van der Waals surface area contributed by atoms with Gasteiger partial charge in [0.1, 0.15) is 11.6 Å². The number of rotatable bonds is 8. The van der Waals surface area contributed by atoms with Gasteiger partial charge in [-0.3, -0.25) is 0 Å². The van der Waals surface area contributed by atoms with Gasteiger partial charge in [-0.1, -0.05) is 19.9 Å². The largest absolute Gasteiger partial charge is 0.497 e. The molecule has 2 N–H and O–H groups in total. The first-order valence-corrected chi connectivity index (χ1v) is 10.1. The summed E-state index contributed by atoms with van der Waals surface area (Å²) in [6, 6.07) is 12.6. The van der Waals surface area contributed by atoms with Crippen molar-refractivity contribution in [3.05, 3.63) is 42.6 Å². The van der Waals surface area contributed by atoms with Crippen molar-refractivity contribution in [2.24, 2.45) is 0 Å². The van der Waals surface area contributed by atoms with Gasteiger partial charge in [0.2, 0.25) is 0 Å². The van der Waals surface area contributed by atoms with Crippen molar-refractivity contribution in [3.8, 4) is 5.75 Å². The van der Waals surface area contributed by atoms with Crippen LogP contribution in [0.5, 0.6) is 5.75 Å². The number of nitrogens with one attached hydrogen (secondary N) is 2. The van der Waals surface area contributed by atoms with Gasteiger partial charge in [-0.2, -0.15) is 0 Å². The van der Waals surface area contributed by atoms with E-state index in [2.05, 4.69) is 58.3 Å². The Labute approximate surface area is 165 Å². The SMILES string of the molecule is CCN(CC)CCCNc1nccc2[nH]c3ccc4cc(OC)ccc4c3c12. The molecule has 0 aliphatic rings. The Hall–Kier alpha value is -2.79. The summed E-state index contributed by atoms with van der Waals surface area (Å²) in [6.45, 7) is 8.64. The Kier molecular flexibility index (Phi) is 5.35. The molecule has 5 heteroatoms. The zero-order valence-electron chi connectivity index (χ0n) is 16.9. The van der Waals surface area contributed by atoms with E-state index in [-0.39, 0.29) is 0 Å². The maximum atomic E-state index is 5.39. The molecule has 0 fully saturated rings. The average Bonchev–Trinajstić information content (AvgIpc) is 3.13. The number of aromatic amines is 1. The molecule has 0 radical (unpaired) electrons. The van der Waals surface area contributed by atoms with E-state index >= 15 is 0 Å². The molecule has 0 aliphatic heterocycles. The summed E-state index contributed by atoms with van der Waals surface area (Å²) in [6.07, 6.45) is 2.97. The molecular formula is C23H28N4O. The number of hydrogen-bond donors (Lipinski definition) is 2. The maximum Gasteiger partial charge on any atom is 0.136 e. The lowest BCUT2D eigenvalue weighted by molar-refractivity contribution is 0.303. The number of nitrogens with zero attached hydrogens (tertiary/aromatic N) is 2. The first-order chi connectivity index (χ1) is 13.7. The minimum absolute atomic E-state index is 0.875. The van der Waals surface area contributed by atoms with E-state index < -0.39 is 0 Å². The van der Waals surface area contributed by atoms with Crippen molar-refractivity contribution in [1.29, 1.82) is 0 Å². The summed E-state index contributed by atoms with van der Waals surface area (Å²) >= 11 is 0. The molecule has 0 atom stereocenters. The number of ether oxygens (including phenoxy) is 1. The van der Waals surface area contributed by atoms with Crippen LogP contribution in [-0.4, -0.2) is 48.2 Å². The number of methoxy groups -OCH3 is 1. The van der Waals surface area contributed by atoms with Crippen LogP contribution >= 0.6 is 0 Å². The van der Waals surface area contributed by atoms with Gasteiger partial charge < -0.3 is 19.9 Å². The lowest BCUT2D eigenvalue weighted by atomic mass is 10.0. The summed E-state index contributed by atoms with van der Waals surface area (Å²) in [4.78, 5) is 10.7. The van der Waals surface area contributed by atoms with Gasteiger partial charge in [-0.15, -0.1) is 0 Å². The number of pyridine rings is 1. The normalized spacial score (nSPS) is 11.7. The smallest absolute Gasteiger partial charge is 0.136 e. The molecule has 146 valence electrons. The van der Waals surface area contributed by atoms with E-state index in [1.54, 1.807) is 7.11 Å². The zero-order chi connectivity index (χ0) is 19.5. The van der Waals surface area contributed by atoms with Crippen LogP contribution in [0.15, 0.2) is 42.6 Å². The van der Waals surface area contributed by atoms with Crippen LogP contribution in [0.2, 0.25) is 0 Å². The summed E-state index contributed by atoms with van der Waals surface area (Å²) in [5, 5.41) is 8.34. The third-order valence-corrected chi connectivity index (χ3v) is 5.54. The number of anilines is 1. The van der Waals surface area contributed by atoms with E-state index in [9.17, 15) is 0 Å². The van der Waals surface area contributed by atoms with E-state index in [1.165, 1.54) is 16.2 Å². The predicted molar refractivity (Wildman–Crippen MR) is 119 cm³/mol. The molecule has 0 bridgehead atoms. The molecule has 2 heterocycles. The Morgan fingerprint density at radius 1 is 1.04 bits per heavy atom. The molecule has 0 unspecified atom stereocenters. The molecule has 28 heavy (non-hydrogen) atoms. The molecule has 4 aromatic rings. The standard InChI is InChI=1S/C23H28N4O/c1-4-27(5-2)14-6-12-24-23-22-20(11-13-25-23)26-19-10-7-16-15-17(28-3)8-9-18(16)21(19)22/h7-11,13,15,26H,4-6,12,14H2,1-3H3,(H,24,25). The second-order valence-electron chi connectivity index (χ2n) is 7.09. The highest BCUT2D eigenvalue weighted by Gasteiger charge is 2.13. The molecule has 0 aliphatic carbocycles. The third kappa shape index (κ3) is 3.38. The van der Waals surface area contributed by atoms with Crippen molar-refractivity contribution < 1.29 is 4.74 Å². The number of fused-ring (bicyclic) bond motifs is 5. The Bertz CT molecular complexity index is 1100. The van der Waals surface area contributed by atoms with Crippen LogP contribution in [0, 0.1) is 0 Å². The van der Waals surface area contributed by atoms with Crippen LogP contribution in [0.1, 0.15) is 20.3 Å². The van der Waals surface area contributed by atoms with Gasteiger partial charge in [0, 0.05) is 23.6 Å². The second kappa shape index (κ2) is 8.07. The Balaban J connectivity index is 1.72. The molecule has 2 aromatic heterocycles. The summed E-state index contributed by atoms with van der Waals surface area (Å²) in [5.41, 5.74) is 2.24. The fourth-order valence-corrected chi connectivity index (χ4v) is 3.96. The molecule has 5 nitrogen and oxygen atoms in total. The van der Waals surface area contributed by atoms with Crippen LogP contribution in [0.4, 0.5) is 5.82 Å². The van der Waals surface area contributed by atoms with Crippen molar-refractivity contribution in [2.75, 3.05) is 38.6 Å². The minimum atomic E-state index is 0.875. The summed E-state index contributed by atoms with van der Waals surface area (Å²) in [5.74, 6) is 1.83. The van der Waals surface area contributed by atoms with Gasteiger partial charge in [0.05, 0.1) is 18.0 Å². The number of H-pyrrole nitrogens is 1. The van der Waals surface area contributed by atoms with Crippen molar-refractivity contribution in [1.82, 2.24) is 14.9 Å². The van der Waals surface area contributed by atoms with Crippen LogP contribution < -0.4 is 10.1 Å². The first kappa shape index (κ1) is 18.6. The van der Waals surface area contributed by atoms with E-state index in [0.29, 0.717) is 0 Å². The van der Waals surface area contributed by atoms with Crippen LogP contribution in [-0.2, 0) is 0 Å². The molecular weight excluding hydrogens is 348 g/mol. The molecule has 0 amide bonds. The van der Waals surface area contributed by atoms with Crippen molar-refractivity contribution in [2.45, 2.75) is 20.3 Å². The minimum Gasteiger partial charge on any atom is -0.497 e. The molecule has 0 saturated carbocycles. The van der Waals surface area contributed by atoms with Crippen molar-refractivity contribution in [3.63, 3.8) is 0 Å². The lowest BCUT2D eigenvalue weighted by Crippen LogP contribution is -2.25. The monoisotopic (exact) mass is 376 g/mol. The highest BCUT2D eigenvalue weighted by molar-refractivity contribution is 6.23. The third-order valence-electron chi connectivity index (χ3n) is 5.54. The quantitative estimate of drug-likeness (QED) is 0.424. The number of aromatic nitrogens is 2. The fraction of sp³-hybridized carbons (Fsp3) is 0.348. The summed E-state index contributed by atoms with van der Waals surface area (Å²) < 4.78 is 5.39. The van der Waals surface area contributed by atoms with Crippen LogP contribution in [0.25, 0.3) is 32.6 Å². The van der Waals surface area contributed by atoms with E-state index in [0.717, 1.165) is 60.6 Å². The molecule has 2 aromatic carbocycles. The molecule has 4 rings (SSSR count). The van der Waals surface area contributed by atoms with Crippen molar-refractivity contribution >= 4 is 38.4 Å². The average molecular weight is 377 g/mol. The highest BCUT2D eigenvalue weighted by Crippen LogP contribution is 2.36. The summed E-state index contributed by atoms with van der Waals surface area (Å²) in [7, 11) is 1.70. The van der Waals surface area contributed by atoms with Gasteiger partial charge >= 0.3 is 0 Å². The first-order valence-electron chi connectivity index (χ1n) is 10.1. The van der Waals surface area contributed by atoms with Gasteiger partial charge in [0.15, 0.2) is 0 Å². The second-order valence-corrected chi connectivity index (χ2v) is 7.09. The number of benzene rings is 2. The number of hydrogen-bond acceptors (Lipinski definition) is 4. The van der Waals surface area contributed by atoms with Gasteiger partial charge in [-0.25, -0.2) is 4.98 Å². The predicted octanol–water partition coefficient (Wildman–Crippen LogP) is 5.02.